The Kier molecular flexibility index (Phi) is 5.13. The van der Waals surface area contributed by atoms with Gasteiger partial charge in [-0.3, -0.25) is 4.90 Å². The molecule has 1 saturated heterocycles. The maximum atomic E-state index is 13.5. The SMILES string of the molecule is C=C(C)C[C@H](c1cc(F)ccc1Br)N1CCNCC1. The molecule has 0 bridgehead atoms. The molecule has 1 atom stereocenters. The van der Waals surface area contributed by atoms with E-state index in [0.717, 1.165) is 48.2 Å². The number of rotatable bonds is 4. The van der Waals surface area contributed by atoms with Crippen LogP contribution in [0.3, 0.4) is 0 Å². The third-order valence-electron chi connectivity index (χ3n) is 3.45. The molecule has 2 nitrogen and oxygen atoms in total. The average Bonchev–Trinajstić information content (AvgIpc) is 2.40. The Morgan fingerprint density at radius 2 is 2.16 bits per heavy atom. The van der Waals surface area contributed by atoms with Crippen molar-refractivity contribution in [2.75, 3.05) is 26.2 Å². The molecule has 0 aliphatic carbocycles. The zero-order valence-corrected chi connectivity index (χ0v) is 12.8. The van der Waals surface area contributed by atoms with Gasteiger partial charge in [-0.2, -0.15) is 0 Å². The van der Waals surface area contributed by atoms with Gasteiger partial charge in [-0.1, -0.05) is 21.5 Å². The third-order valence-corrected chi connectivity index (χ3v) is 4.17. The van der Waals surface area contributed by atoms with Crippen molar-refractivity contribution in [1.29, 1.82) is 0 Å². The molecule has 0 saturated carbocycles. The number of hydrogen-bond acceptors (Lipinski definition) is 2. The first-order valence-electron chi connectivity index (χ1n) is 6.62. The normalized spacial score (nSPS) is 18.3. The maximum absolute atomic E-state index is 13.5. The van der Waals surface area contributed by atoms with Crippen LogP contribution in [0.15, 0.2) is 34.8 Å². The van der Waals surface area contributed by atoms with Gasteiger partial charge >= 0.3 is 0 Å². The number of hydrogen-bond donors (Lipinski definition) is 1. The van der Waals surface area contributed by atoms with E-state index in [1.807, 2.05) is 6.92 Å². The molecule has 1 aliphatic rings. The Hall–Kier alpha value is -0.710. The lowest BCUT2D eigenvalue weighted by Gasteiger charge is -2.36. The fraction of sp³-hybridized carbons (Fsp3) is 0.467. The highest BCUT2D eigenvalue weighted by atomic mass is 79.9. The first-order valence-corrected chi connectivity index (χ1v) is 7.41. The molecule has 0 amide bonds. The van der Waals surface area contributed by atoms with E-state index in [9.17, 15) is 4.39 Å². The Morgan fingerprint density at radius 1 is 1.47 bits per heavy atom. The van der Waals surface area contributed by atoms with Gasteiger partial charge in [0.2, 0.25) is 0 Å². The van der Waals surface area contributed by atoms with Crippen LogP contribution in [0.25, 0.3) is 0 Å². The minimum absolute atomic E-state index is 0.181. The summed E-state index contributed by atoms with van der Waals surface area (Å²) < 4.78 is 14.5. The highest BCUT2D eigenvalue weighted by Crippen LogP contribution is 2.33. The summed E-state index contributed by atoms with van der Waals surface area (Å²) in [5.74, 6) is -0.181. The van der Waals surface area contributed by atoms with Crippen molar-refractivity contribution in [2.24, 2.45) is 0 Å². The van der Waals surface area contributed by atoms with Crippen molar-refractivity contribution in [3.63, 3.8) is 0 Å². The molecule has 2 rings (SSSR count). The van der Waals surface area contributed by atoms with Crippen LogP contribution in [0.2, 0.25) is 0 Å². The van der Waals surface area contributed by atoms with Crippen LogP contribution in [-0.2, 0) is 0 Å². The van der Waals surface area contributed by atoms with E-state index >= 15 is 0 Å². The van der Waals surface area contributed by atoms with Gasteiger partial charge in [0.05, 0.1) is 0 Å². The summed E-state index contributed by atoms with van der Waals surface area (Å²) in [5, 5.41) is 3.35. The number of nitrogens with one attached hydrogen (secondary N) is 1. The van der Waals surface area contributed by atoms with Crippen molar-refractivity contribution < 1.29 is 4.39 Å². The summed E-state index contributed by atoms with van der Waals surface area (Å²) in [5.41, 5.74) is 2.14. The van der Waals surface area contributed by atoms with Crippen molar-refractivity contribution in [1.82, 2.24) is 10.2 Å². The fourth-order valence-electron chi connectivity index (χ4n) is 2.53. The minimum Gasteiger partial charge on any atom is -0.314 e. The van der Waals surface area contributed by atoms with Gasteiger partial charge in [-0.05, 0) is 37.1 Å². The van der Waals surface area contributed by atoms with Crippen molar-refractivity contribution in [3.05, 3.63) is 46.2 Å². The van der Waals surface area contributed by atoms with Crippen LogP contribution in [-0.4, -0.2) is 31.1 Å². The molecule has 0 aromatic heterocycles. The molecule has 4 heteroatoms. The maximum Gasteiger partial charge on any atom is 0.123 e. The molecule has 0 unspecified atom stereocenters. The summed E-state index contributed by atoms with van der Waals surface area (Å²) in [7, 11) is 0. The lowest BCUT2D eigenvalue weighted by Crippen LogP contribution is -2.45. The zero-order chi connectivity index (χ0) is 13.8. The van der Waals surface area contributed by atoms with E-state index in [0.29, 0.717) is 0 Å². The van der Waals surface area contributed by atoms with Crippen LogP contribution >= 0.6 is 15.9 Å². The topological polar surface area (TPSA) is 15.3 Å². The van der Waals surface area contributed by atoms with Crippen molar-refractivity contribution in [3.8, 4) is 0 Å². The monoisotopic (exact) mass is 326 g/mol. The van der Waals surface area contributed by atoms with E-state index < -0.39 is 0 Å². The van der Waals surface area contributed by atoms with E-state index in [2.05, 4.69) is 32.7 Å². The molecular formula is C15H20BrFN2. The number of piperazine rings is 1. The van der Waals surface area contributed by atoms with Crippen molar-refractivity contribution in [2.45, 2.75) is 19.4 Å². The summed E-state index contributed by atoms with van der Waals surface area (Å²) >= 11 is 3.55. The molecule has 1 heterocycles. The Bertz CT molecular complexity index is 455. The van der Waals surface area contributed by atoms with E-state index in [4.69, 9.17) is 0 Å². The molecule has 1 N–H and O–H groups in total. The standard InChI is InChI=1S/C15H20BrFN2/c1-11(2)9-15(19-7-5-18-6-8-19)13-10-12(17)3-4-14(13)16/h3-4,10,15,18H,1,5-9H2,2H3/t15-/m1/s1. The Balaban J connectivity index is 2.29. The average molecular weight is 327 g/mol. The fourth-order valence-corrected chi connectivity index (χ4v) is 3.04. The van der Waals surface area contributed by atoms with Gasteiger partial charge in [-0.25, -0.2) is 4.39 Å². The summed E-state index contributed by atoms with van der Waals surface area (Å²) in [6, 6.07) is 5.12. The predicted molar refractivity (Wildman–Crippen MR) is 80.7 cm³/mol. The van der Waals surface area contributed by atoms with E-state index in [-0.39, 0.29) is 11.9 Å². The van der Waals surface area contributed by atoms with Crippen molar-refractivity contribution >= 4 is 15.9 Å². The van der Waals surface area contributed by atoms with Crippen LogP contribution < -0.4 is 5.32 Å². The first-order chi connectivity index (χ1) is 9.08. The molecular weight excluding hydrogens is 307 g/mol. The second-order valence-electron chi connectivity index (χ2n) is 5.13. The largest absolute Gasteiger partial charge is 0.314 e. The molecule has 0 radical (unpaired) electrons. The molecule has 1 aromatic carbocycles. The van der Waals surface area contributed by atoms with Gasteiger partial charge in [0.1, 0.15) is 5.82 Å². The highest BCUT2D eigenvalue weighted by molar-refractivity contribution is 9.10. The number of nitrogens with zero attached hydrogens (tertiary/aromatic N) is 1. The van der Waals surface area contributed by atoms with Gasteiger partial charge in [0, 0.05) is 36.7 Å². The minimum atomic E-state index is -0.181. The highest BCUT2D eigenvalue weighted by Gasteiger charge is 2.24. The lowest BCUT2D eigenvalue weighted by atomic mass is 9.98. The van der Waals surface area contributed by atoms with Crippen LogP contribution in [0.1, 0.15) is 24.9 Å². The summed E-state index contributed by atoms with van der Waals surface area (Å²) in [4.78, 5) is 2.41. The van der Waals surface area contributed by atoms with Gasteiger partial charge in [0.25, 0.3) is 0 Å². The van der Waals surface area contributed by atoms with Crippen LogP contribution in [0.5, 0.6) is 0 Å². The van der Waals surface area contributed by atoms with Gasteiger partial charge < -0.3 is 5.32 Å². The molecule has 19 heavy (non-hydrogen) atoms. The molecule has 1 aliphatic heterocycles. The van der Waals surface area contributed by atoms with Crippen LogP contribution in [0.4, 0.5) is 4.39 Å². The number of halogens is 2. The lowest BCUT2D eigenvalue weighted by molar-refractivity contribution is 0.171. The quantitative estimate of drug-likeness (QED) is 0.852. The second-order valence-corrected chi connectivity index (χ2v) is 5.98. The Morgan fingerprint density at radius 3 is 2.79 bits per heavy atom. The molecule has 1 aromatic rings. The molecule has 0 spiro atoms. The second kappa shape index (κ2) is 6.64. The third kappa shape index (κ3) is 3.88. The van der Waals surface area contributed by atoms with E-state index in [1.54, 1.807) is 12.1 Å². The zero-order valence-electron chi connectivity index (χ0n) is 11.3. The predicted octanol–water partition coefficient (Wildman–Crippen LogP) is 3.50. The smallest absolute Gasteiger partial charge is 0.123 e. The molecule has 104 valence electrons. The van der Waals surface area contributed by atoms with Gasteiger partial charge in [0.15, 0.2) is 0 Å². The number of benzene rings is 1. The van der Waals surface area contributed by atoms with E-state index in [1.165, 1.54) is 6.07 Å². The molecule has 1 fully saturated rings. The summed E-state index contributed by atoms with van der Waals surface area (Å²) in [6.45, 7) is 9.99. The van der Waals surface area contributed by atoms with Gasteiger partial charge in [-0.15, -0.1) is 6.58 Å². The first kappa shape index (κ1) is 14.7. The van der Waals surface area contributed by atoms with Crippen LogP contribution in [0, 0.1) is 5.82 Å². The Labute approximate surface area is 122 Å². The summed E-state index contributed by atoms with van der Waals surface area (Å²) in [6.07, 6.45) is 0.863.